The number of fused-ring (bicyclic) bond motifs is 1. The van der Waals surface area contributed by atoms with E-state index in [0.717, 1.165) is 0 Å². The number of aliphatic hydroxyl groups is 1. The summed E-state index contributed by atoms with van der Waals surface area (Å²) < 4.78 is 1.41. The number of aromatic nitrogens is 4. The first kappa shape index (κ1) is 14.8. The van der Waals surface area contributed by atoms with E-state index in [1.807, 2.05) is 0 Å². The summed E-state index contributed by atoms with van der Waals surface area (Å²) in [5, 5.41) is 9.69. The van der Waals surface area contributed by atoms with Crippen LogP contribution in [-0.2, 0) is 0 Å². The number of nitrogens with one attached hydrogen (secondary N) is 1. The van der Waals surface area contributed by atoms with E-state index in [1.54, 1.807) is 38.1 Å². The van der Waals surface area contributed by atoms with Crippen LogP contribution in [0.25, 0.3) is 16.9 Å². The lowest BCUT2D eigenvalue weighted by Gasteiger charge is -2.06. The second kappa shape index (κ2) is 5.26. The molecule has 0 radical (unpaired) electrons. The number of anilines is 1. The maximum atomic E-state index is 12.2. The fourth-order valence-electron chi connectivity index (χ4n) is 2.12. The number of rotatable bonds is 1. The maximum Gasteiger partial charge on any atom is 0.332 e. The minimum absolute atomic E-state index is 0.0849. The van der Waals surface area contributed by atoms with Gasteiger partial charge in [-0.15, -0.1) is 0 Å². The minimum Gasteiger partial charge on any atom is -0.378 e. The fourth-order valence-corrected chi connectivity index (χ4v) is 2.12. The number of imidazole rings is 1. The van der Waals surface area contributed by atoms with Crippen molar-refractivity contribution < 1.29 is 5.11 Å². The zero-order valence-electron chi connectivity index (χ0n) is 12.7. The molecule has 4 N–H and O–H groups in total. The first-order valence-electron chi connectivity index (χ1n) is 6.93. The highest BCUT2D eigenvalue weighted by atomic mass is 16.3. The molecule has 116 valence electrons. The molecule has 2 aromatic heterocycles. The second-order valence-electron chi connectivity index (χ2n) is 5.58. The third-order valence-electron chi connectivity index (χ3n) is 3.08. The van der Waals surface area contributed by atoms with Crippen LogP contribution in [0.3, 0.4) is 0 Å². The van der Waals surface area contributed by atoms with Gasteiger partial charge in [0.15, 0.2) is 0 Å². The van der Waals surface area contributed by atoms with Gasteiger partial charge >= 0.3 is 5.69 Å². The van der Waals surface area contributed by atoms with Gasteiger partial charge in [-0.3, -0.25) is 0 Å². The Morgan fingerprint density at radius 3 is 2.83 bits per heavy atom. The number of aromatic amines is 1. The van der Waals surface area contributed by atoms with Crippen molar-refractivity contribution in [1.82, 2.24) is 19.5 Å². The molecule has 0 aliphatic carbocycles. The number of H-pyrrole nitrogens is 1. The van der Waals surface area contributed by atoms with Crippen molar-refractivity contribution in [3.05, 3.63) is 46.5 Å². The van der Waals surface area contributed by atoms with Gasteiger partial charge in [0.05, 0.1) is 11.0 Å². The topological polar surface area (TPSA) is 110 Å². The van der Waals surface area contributed by atoms with Gasteiger partial charge < -0.3 is 15.8 Å². The molecule has 0 aliphatic rings. The Morgan fingerprint density at radius 1 is 1.35 bits per heavy atom. The summed E-state index contributed by atoms with van der Waals surface area (Å²) in [5.74, 6) is 6.09. The lowest BCUT2D eigenvalue weighted by atomic mass is 10.1. The van der Waals surface area contributed by atoms with Crippen LogP contribution < -0.4 is 11.4 Å². The molecular weight excluding hydrogens is 294 g/mol. The molecule has 1 aromatic carbocycles. The summed E-state index contributed by atoms with van der Waals surface area (Å²) in [4.78, 5) is 22.9. The number of hydrogen-bond acceptors (Lipinski definition) is 5. The molecule has 0 amide bonds. The Morgan fingerprint density at radius 2 is 2.13 bits per heavy atom. The van der Waals surface area contributed by atoms with E-state index in [4.69, 9.17) is 5.73 Å². The monoisotopic (exact) mass is 309 g/mol. The van der Waals surface area contributed by atoms with E-state index in [2.05, 4.69) is 26.8 Å². The van der Waals surface area contributed by atoms with E-state index < -0.39 is 5.60 Å². The highest BCUT2D eigenvalue weighted by Crippen LogP contribution is 2.16. The van der Waals surface area contributed by atoms with Crippen LogP contribution >= 0.6 is 0 Å². The van der Waals surface area contributed by atoms with Crippen molar-refractivity contribution in [3.63, 3.8) is 0 Å². The van der Waals surface area contributed by atoms with Crippen LogP contribution in [0.4, 0.5) is 5.95 Å². The maximum absolute atomic E-state index is 12.2. The van der Waals surface area contributed by atoms with Crippen molar-refractivity contribution in [2.75, 3.05) is 5.73 Å². The predicted molar refractivity (Wildman–Crippen MR) is 87.1 cm³/mol. The molecule has 0 saturated carbocycles. The minimum atomic E-state index is -1.09. The average Bonchev–Trinajstić information content (AvgIpc) is 2.79. The van der Waals surface area contributed by atoms with Crippen molar-refractivity contribution in [1.29, 1.82) is 0 Å². The SMILES string of the molecule is CC(C)(O)C#Cc1ccc2[nH]c(=O)n(-c3ccnc(N)n3)c2c1. The zero-order chi connectivity index (χ0) is 16.6. The summed E-state index contributed by atoms with van der Waals surface area (Å²) in [6.45, 7) is 3.21. The standard InChI is InChI=1S/C16H15N5O2/c1-16(2,23)7-5-10-3-4-11-12(9-10)21(15(22)19-11)13-6-8-18-14(17)20-13/h3-4,6,8-9,23H,1-2H3,(H,19,22)(H2,17,18,20). The smallest absolute Gasteiger partial charge is 0.332 e. The summed E-state index contributed by atoms with van der Waals surface area (Å²) >= 11 is 0. The molecule has 23 heavy (non-hydrogen) atoms. The highest BCUT2D eigenvalue weighted by Gasteiger charge is 2.11. The molecule has 7 heteroatoms. The van der Waals surface area contributed by atoms with E-state index in [-0.39, 0.29) is 11.6 Å². The first-order valence-corrected chi connectivity index (χ1v) is 6.93. The van der Waals surface area contributed by atoms with Gasteiger partial charge in [-0.25, -0.2) is 14.3 Å². The number of benzene rings is 1. The largest absolute Gasteiger partial charge is 0.378 e. The molecular formula is C16H15N5O2. The van der Waals surface area contributed by atoms with E-state index in [9.17, 15) is 9.90 Å². The summed E-state index contributed by atoms with van der Waals surface area (Å²) in [6.07, 6.45) is 1.49. The Labute approximate surface area is 131 Å². The lowest BCUT2D eigenvalue weighted by molar-refractivity contribution is 0.143. The molecule has 0 bridgehead atoms. The predicted octanol–water partition coefficient (Wildman–Crippen LogP) is 0.813. The van der Waals surface area contributed by atoms with Crippen LogP contribution in [0.2, 0.25) is 0 Å². The van der Waals surface area contributed by atoms with Gasteiger partial charge in [0.2, 0.25) is 5.95 Å². The normalized spacial score (nSPS) is 11.3. The lowest BCUT2D eigenvalue weighted by Crippen LogP contribution is -2.16. The molecule has 0 unspecified atom stereocenters. The first-order chi connectivity index (χ1) is 10.8. The molecule has 0 fully saturated rings. The fraction of sp³-hybridized carbons (Fsp3) is 0.188. The molecule has 0 saturated heterocycles. The molecule has 0 spiro atoms. The van der Waals surface area contributed by atoms with Gasteiger partial charge in [0, 0.05) is 17.8 Å². The van der Waals surface area contributed by atoms with Crippen LogP contribution in [0.15, 0.2) is 35.3 Å². The molecule has 3 rings (SSSR count). The third-order valence-corrected chi connectivity index (χ3v) is 3.08. The quantitative estimate of drug-likeness (QED) is 0.576. The van der Waals surface area contributed by atoms with Gasteiger partial charge in [-0.05, 0) is 32.0 Å². The number of nitrogens with two attached hydrogens (primary N) is 1. The van der Waals surface area contributed by atoms with Gasteiger partial charge in [-0.1, -0.05) is 11.8 Å². The molecule has 0 aliphatic heterocycles. The van der Waals surface area contributed by atoms with Crippen molar-refractivity contribution >= 4 is 17.0 Å². The summed E-state index contributed by atoms with van der Waals surface area (Å²) in [6, 6.07) is 6.88. The number of nitrogen functional groups attached to an aromatic ring is 1. The zero-order valence-corrected chi connectivity index (χ0v) is 12.7. The van der Waals surface area contributed by atoms with Crippen molar-refractivity contribution in [3.8, 4) is 17.7 Å². The Balaban J connectivity index is 2.20. The average molecular weight is 309 g/mol. The van der Waals surface area contributed by atoms with Crippen molar-refractivity contribution in [2.45, 2.75) is 19.4 Å². The van der Waals surface area contributed by atoms with E-state index in [0.29, 0.717) is 22.4 Å². The molecule has 7 nitrogen and oxygen atoms in total. The Bertz CT molecular complexity index is 999. The summed E-state index contributed by atoms with van der Waals surface area (Å²) in [7, 11) is 0. The van der Waals surface area contributed by atoms with Gasteiger partial charge in [-0.2, -0.15) is 4.98 Å². The van der Waals surface area contributed by atoms with Gasteiger partial charge in [0.25, 0.3) is 0 Å². The van der Waals surface area contributed by atoms with Crippen LogP contribution in [0.1, 0.15) is 19.4 Å². The van der Waals surface area contributed by atoms with Gasteiger partial charge in [0.1, 0.15) is 11.4 Å². The van der Waals surface area contributed by atoms with E-state index in [1.165, 1.54) is 10.8 Å². The second-order valence-corrected chi connectivity index (χ2v) is 5.58. The number of nitrogens with zero attached hydrogens (tertiary/aromatic N) is 3. The van der Waals surface area contributed by atoms with Crippen LogP contribution in [0, 0.1) is 11.8 Å². The highest BCUT2D eigenvalue weighted by molar-refractivity contribution is 5.78. The number of hydrogen-bond donors (Lipinski definition) is 3. The molecule has 3 aromatic rings. The Hall–Kier alpha value is -3.11. The van der Waals surface area contributed by atoms with Crippen LogP contribution in [-0.4, -0.2) is 30.2 Å². The van der Waals surface area contributed by atoms with Crippen molar-refractivity contribution in [2.24, 2.45) is 0 Å². The summed E-state index contributed by atoms with van der Waals surface area (Å²) in [5.41, 5.74) is 6.12. The third kappa shape index (κ3) is 3.07. The molecule has 2 heterocycles. The van der Waals surface area contributed by atoms with Crippen LogP contribution in [0.5, 0.6) is 0 Å². The Kier molecular flexibility index (Phi) is 3.39. The van der Waals surface area contributed by atoms with E-state index >= 15 is 0 Å². The molecule has 0 atom stereocenters.